The molecule has 0 amide bonds. The average molecular weight is 321 g/mol. The van der Waals surface area contributed by atoms with Gasteiger partial charge in [0.1, 0.15) is 11.5 Å². The Morgan fingerprint density at radius 2 is 2.04 bits per heavy atom. The van der Waals surface area contributed by atoms with Crippen LogP contribution in [0.25, 0.3) is 16.7 Å². The standard InChI is InChI=1S/C18H16FN5/c1-12(21-18-22-15-5-2-3-6-16(15)23-18)13-7-8-17(14(19)11-13)24-10-4-9-20-24/h2-12H,1H3,(H2,21,22,23)/t12-/m1/s1. The highest BCUT2D eigenvalue weighted by Gasteiger charge is 2.12. The first-order chi connectivity index (χ1) is 11.7. The van der Waals surface area contributed by atoms with Crippen LogP contribution in [0.15, 0.2) is 60.9 Å². The number of aromatic nitrogens is 4. The van der Waals surface area contributed by atoms with Crippen molar-refractivity contribution in [2.24, 2.45) is 0 Å². The normalized spacial score (nSPS) is 12.4. The molecule has 0 aliphatic rings. The summed E-state index contributed by atoms with van der Waals surface area (Å²) in [5.41, 5.74) is 3.13. The van der Waals surface area contributed by atoms with Gasteiger partial charge in [0.2, 0.25) is 5.95 Å². The van der Waals surface area contributed by atoms with Crippen LogP contribution >= 0.6 is 0 Å². The zero-order valence-corrected chi connectivity index (χ0v) is 13.1. The van der Waals surface area contributed by atoms with Gasteiger partial charge in [-0.3, -0.25) is 0 Å². The topological polar surface area (TPSA) is 58.5 Å². The lowest BCUT2D eigenvalue weighted by atomic mass is 10.1. The Balaban J connectivity index is 1.58. The zero-order chi connectivity index (χ0) is 16.5. The van der Waals surface area contributed by atoms with Crippen molar-refractivity contribution < 1.29 is 4.39 Å². The van der Waals surface area contributed by atoms with Gasteiger partial charge in [-0.05, 0) is 42.8 Å². The van der Waals surface area contributed by atoms with Crippen molar-refractivity contribution in [3.63, 3.8) is 0 Å². The Hall–Kier alpha value is -3.15. The minimum atomic E-state index is -0.311. The summed E-state index contributed by atoms with van der Waals surface area (Å²) in [6, 6.07) is 14.6. The summed E-state index contributed by atoms with van der Waals surface area (Å²) >= 11 is 0. The highest BCUT2D eigenvalue weighted by atomic mass is 19.1. The van der Waals surface area contributed by atoms with Gasteiger partial charge in [-0.15, -0.1) is 0 Å². The van der Waals surface area contributed by atoms with Gasteiger partial charge in [0.15, 0.2) is 0 Å². The Kier molecular flexibility index (Phi) is 3.49. The number of rotatable bonds is 4. The van der Waals surface area contributed by atoms with Crippen molar-refractivity contribution in [2.45, 2.75) is 13.0 Å². The first kappa shape index (κ1) is 14.4. The van der Waals surface area contributed by atoms with Gasteiger partial charge in [-0.1, -0.05) is 18.2 Å². The summed E-state index contributed by atoms with van der Waals surface area (Å²) in [6.07, 6.45) is 3.34. The number of hydrogen-bond donors (Lipinski definition) is 2. The predicted octanol–water partition coefficient (Wildman–Crippen LogP) is 4.06. The fourth-order valence-electron chi connectivity index (χ4n) is 2.70. The van der Waals surface area contributed by atoms with Crippen LogP contribution in [0.5, 0.6) is 0 Å². The number of benzene rings is 2. The molecule has 0 bridgehead atoms. The largest absolute Gasteiger partial charge is 0.349 e. The van der Waals surface area contributed by atoms with E-state index in [0.717, 1.165) is 16.6 Å². The molecule has 0 aliphatic carbocycles. The number of imidazole rings is 1. The highest BCUT2D eigenvalue weighted by molar-refractivity contribution is 5.77. The first-order valence-electron chi connectivity index (χ1n) is 7.71. The third kappa shape index (κ3) is 2.62. The molecular formula is C18H16FN5. The van der Waals surface area contributed by atoms with E-state index in [1.54, 1.807) is 24.5 Å². The average Bonchev–Trinajstić information content (AvgIpc) is 3.23. The maximum atomic E-state index is 14.4. The van der Waals surface area contributed by atoms with Crippen molar-refractivity contribution in [1.29, 1.82) is 0 Å². The molecule has 2 aromatic carbocycles. The molecule has 0 radical (unpaired) electrons. The number of nitrogens with zero attached hydrogens (tertiary/aromatic N) is 3. The van der Waals surface area contributed by atoms with Gasteiger partial charge in [0, 0.05) is 12.4 Å². The maximum absolute atomic E-state index is 14.4. The first-order valence-corrected chi connectivity index (χ1v) is 7.71. The summed E-state index contributed by atoms with van der Waals surface area (Å²) in [4.78, 5) is 7.70. The zero-order valence-electron chi connectivity index (χ0n) is 13.1. The maximum Gasteiger partial charge on any atom is 0.201 e. The Bertz CT molecular complexity index is 941. The molecule has 0 saturated heterocycles. The van der Waals surface area contributed by atoms with Gasteiger partial charge in [-0.25, -0.2) is 14.1 Å². The number of anilines is 1. The summed E-state index contributed by atoms with van der Waals surface area (Å²) < 4.78 is 15.9. The second kappa shape index (κ2) is 5.81. The number of nitrogens with one attached hydrogen (secondary N) is 2. The van der Waals surface area contributed by atoms with E-state index in [2.05, 4.69) is 20.4 Å². The van der Waals surface area contributed by atoms with E-state index in [0.29, 0.717) is 11.6 Å². The van der Waals surface area contributed by atoms with E-state index in [-0.39, 0.29) is 11.9 Å². The van der Waals surface area contributed by atoms with E-state index in [4.69, 9.17) is 0 Å². The van der Waals surface area contributed by atoms with Gasteiger partial charge >= 0.3 is 0 Å². The lowest BCUT2D eigenvalue weighted by Crippen LogP contribution is -2.09. The van der Waals surface area contributed by atoms with Crippen molar-refractivity contribution >= 4 is 17.0 Å². The molecule has 4 rings (SSSR count). The molecule has 0 unspecified atom stereocenters. The summed E-state index contributed by atoms with van der Waals surface area (Å²) in [5.74, 6) is 0.356. The van der Waals surface area contributed by atoms with Gasteiger partial charge in [0.25, 0.3) is 0 Å². The van der Waals surface area contributed by atoms with Crippen LogP contribution in [-0.2, 0) is 0 Å². The molecule has 0 saturated carbocycles. The molecule has 6 heteroatoms. The van der Waals surface area contributed by atoms with E-state index in [1.165, 1.54) is 10.7 Å². The van der Waals surface area contributed by atoms with Crippen molar-refractivity contribution in [1.82, 2.24) is 19.7 Å². The number of para-hydroxylation sites is 2. The van der Waals surface area contributed by atoms with Crippen molar-refractivity contribution in [3.8, 4) is 5.69 Å². The summed E-state index contributed by atoms with van der Waals surface area (Å²) in [7, 11) is 0. The molecule has 1 atom stereocenters. The quantitative estimate of drug-likeness (QED) is 0.596. The fraction of sp³-hybridized carbons (Fsp3) is 0.111. The van der Waals surface area contributed by atoms with Crippen LogP contribution in [-0.4, -0.2) is 19.7 Å². The fourth-order valence-corrected chi connectivity index (χ4v) is 2.70. The Labute approximate surface area is 138 Å². The molecular weight excluding hydrogens is 305 g/mol. The monoisotopic (exact) mass is 321 g/mol. The van der Waals surface area contributed by atoms with E-state index < -0.39 is 0 Å². The molecule has 0 spiro atoms. The third-order valence-electron chi connectivity index (χ3n) is 3.97. The number of hydrogen-bond acceptors (Lipinski definition) is 3. The van der Waals surface area contributed by atoms with Gasteiger partial charge < -0.3 is 10.3 Å². The molecule has 2 aromatic heterocycles. The molecule has 24 heavy (non-hydrogen) atoms. The lowest BCUT2D eigenvalue weighted by Gasteiger charge is -2.14. The number of fused-ring (bicyclic) bond motifs is 1. The third-order valence-corrected chi connectivity index (χ3v) is 3.97. The van der Waals surface area contributed by atoms with Crippen LogP contribution in [0.3, 0.4) is 0 Å². The number of halogens is 1. The Morgan fingerprint density at radius 1 is 1.17 bits per heavy atom. The van der Waals surface area contributed by atoms with E-state index >= 15 is 0 Å². The molecule has 0 aliphatic heterocycles. The van der Waals surface area contributed by atoms with Gasteiger partial charge in [0.05, 0.1) is 17.1 Å². The van der Waals surface area contributed by atoms with Crippen LogP contribution in [0, 0.1) is 5.82 Å². The molecule has 5 nitrogen and oxygen atoms in total. The van der Waals surface area contributed by atoms with Gasteiger partial charge in [-0.2, -0.15) is 5.10 Å². The minimum Gasteiger partial charge on any atom is -0.349 e. The second-order valence-electron chi connectivity index (χ2n) is 5.63. The van der Waals surface area contributed by atoms with Crippen molar-refractivity contribution in [2.75, 3.05) is 5.32 Å². The van der Waals surface area contributed by atoms with E-state index in [1.807, 2.05) is 37.3 Å². The molecule has 4 aromatic rings. The Morgan fingerprint density at radius 3 is 2.79 bits per heavy atom. The van der Waals surface area contributed by atoms with Crippen LogP contribution < -0.4 is 5.32 Å². The van der Waals surface area contributed by atoms with Crippen molar-refractivity contribution in [3.05, 3.63) is 72.3 Å². The highest BCUT2D eigenvalue weighted by Crippen LogP contribution is 2.23. The molecule has 2 heterocycles. The SMILES string of the molecule is C[C@@H](Nc1nc2ccccc2[nH]1)c1ccc(-n2cccn2)c(F)c1. The molecule has 0 fully saturated rings. The van der Waals surface area contributed by atoms with Crippen LogP contribution in [0.4, 0.5) is 10.3 Å². The van der Waals surface area contributed by atoms with Crippen LogP contribution in [0.1, 0.15) is 18.5 Å². The summed E-state index contributed by atoms with van der Waals surface area (Å²) in [5, 5.41) is 7.33. The molecule has 2 N–H and O–H groups in total. The smallest absolute Gasteiger partial charge is 0.201 e. The van der Waals surface area contributed by atoms with Crippen LogP contribution in [0.2, 0.25) is 0 Å². The molecule has 120 valence electrons. The predicted molar refractivity (Wildman–Crippen MR) is 91.7 cm³/mol. The second-order valence-corrected chi connectivity index (χ2v) is 5.63. The number of H-pyrrole nitrogens is 1. The number of aromatic amines is 1. The minimum absolute atomic E-state index is 0.0910. The van der Waals surface area contributed by atoms with E-state index in [9.17, 15) is 4.39 Å². The summed E-state index contributed by atoms with van der Waals surface area (Å²) in [6.45, 7) is 1.97. The lowest BCUT2D eigenvalue weighted by molar-refractivity contribution is 0.607.